The van der Waals surface area contributed by atoms with Crippen molar-refractivity contribution in [3.63, 3.8) is 0 Å². The second-order valence-electron chi connectivity index (χ2n) is 5.75. The highest BCUT2D eigenvalue weighted by Gasteiger charge is 2.49. The molecule has 1 aliphatic rings. The minimum absolute atomic E-state index is 0.112. The summed E-state index contributed by atoms with van der Waals surface area (Å²) in [6.07, 6.45) is 4.99. The lowest BCUT2D eigenvalue weighted by atomic mass is 9.84. The Kier molecular flexibility index (Phi) is 6.80. The standard InChI is InChI=1S/C15H29NO3/c1-5-10-19-11-8-13-7-6-9-15(13,14(17)18-4)16-12(2)3/h12-13,16H,5-11H2,1-4H3. The Labute approximate surface area is 117 Å². The van der Waals surface area contributed by atoms with Crippen LogP contribution in [0.15, 0.2) is 0 Å². The van der Waals surface area contributed by atoms with Gasteiger partial charge in [-0.1, -0.05) is 13.3 Å². The lowest BCUT2D eigenvalue weighted by Crippen LogP contribution is -2.57. The van der Waals surface area contributed by atoms with Crippen LogP contribution in [0, 0.1) is 5.92 Å². The van der Waals surface area contributed by atoms with Crippen molar-refractivity contribution < 1.29 is 14.3 Å². The summed E-state index contributed by atoms with van der Waals surface area (Å²) in [5.74, 6) is 0.207. The van der Waals surface area contributed by atoms with E-state index in [-0.39, 0.29) is 12.0 Å². The van der Waals surface area contributed by atoms with E-state index < -0.39 is 5.54 Å². The van der Waals surface area contributed by atoms with Crippen LogP contribution in [0.3, 0.4) is 0 Å². The van der Waals surface area contributed by atoms with Gasteiger partial charge in [-0.2, -0.15) is 0 Å². The number of carbonyl (C=O) groups is 1. The highest BCUT2D eigenvalue weighted by Crippen LogP contribution is 2.39. The zero-order chi connectivity index (χ0) is 14.3. The minimum atomic E-state index is -0.501. The van der Waals surface area contributed by atoms with Crippen molar-refractivity contribution in [2.24, 2.45) is 5.92 Å². The average Bonchev–Trinajstić information content (AvgIpc) is 2.77. The SMILES string of the molecule is CCCOCCC1CCCC1(NC(C)C)C(=O)OC. The van der Waals surface area contributed by atoms with Crippen molar-refractivity contribution >= 4 is 5.97 Å². The molecule has 1 N–H and O–H groups in total. The second kappa shape index (κ2) is 7.85. The molecule has 0 heterocycles. The maximum Gasteiger partial charge on any atom is 0.326 e. The molecule has 1 aliphatic carbocycles. The summed E-state index contributed by atoms with van der Waals surface area (Å²) in [6.45, 7) is 7.79. The number of rotatable bonds is 8. The van der Waals surface area contributed by atoms with Gasteiger partial charge in [-0.15, -0.1) is 0 Å². The van der Waals surface area contributed by atoms with E-state index in [2.05, 4.69) is 26.1 Å². The van der Waals surface area contributed by atoms with E-state index in [9.17, 15) is 4.79 Å². The van der Waals surface area contributed by atoms with Crippen LogP contribution in [0.2, 0.25) is 0 Å². The number of ether oxygens (including phenoxy) is 2. The summed E-state index contributed by atoms with van der Waals surface area (Å²) >= 11 is 0. The molecule has 0 spiro atoms. The Morgan fingerprint density at radius 1 is 1.42 bits per heavy atom. The molecule has 0 aromatic heterocycles. The predicted octanol–water partition coefficient (Wildman–Crippen LogP) is 2.51. The molecule has 4 nitrogen and oxygen atoms in total. The molecule has 0 aromatic rings. The number of methoxy groups -OCH3 is 1. The molecule has 112 valence electrons. The molecule has 0 radical (unpaired) electrons. The molecule has 1 fully saturated rings. The topological polar surface area (TPSA) is 47.6 Å². The molecule has 1 saturated carbocycles. The number of hydrogen-bond donors (Lipinski definition) is 1. The monoisotopic (exact) mass is 271 g/mol. The molecule has 0 saturated heterocycles. The third kappa shape index (κ3) is 4.18. The van der Waals surface area contributed by atoms with E-state index in [1.807, 2.05) is 0 Å². The van der Waals surface area contributed by atoms with E-state index in [0.717, 1.165) is 45.3 Å². The van der Waals surface area contributed by atoms with Crippen LogP contribution < -0.4 is 5.32 Å². The summed E-state index contributed by atoms with van der Waals surface area (Å²) in [5.41, 5.74) is -0.501. The van der Waals surface area contributed by atoms with Gasteiger partial charge in [0.2, 0.25) is 0 Å². The normalized spacial score (nSPS) is 26.9. The van der Waals surface area contributed by atoms with Gasteiger partial charge >= 0.3 is 5.97 Å². The molecule has 0 aliphatic heterocycles. The van der Waals surface area contributed by atoms with E-state index in [0.29, 0.717) is 5.92 Å². The van der Waals surface area contributed by atoms with Crippen LogP contribution in [0.5, 0.6) is 0 Å². The van der Waals surface area contributed by atoms with Gasteiger partial charge in [-0.25, -0.2) is 0 Å². The fourth-order valence-electron chi connectivity index (χ4n) is 3.16. The van der Waals surface area contributed by atoms with Crippen molar-refractivity contribution in [2.75, 3.05) is 20.3 Å². The van der Waals surface area contributed by atoms with E-state index in [1.54, 1.807) is 0 Å². The molecule has 19 heavy (non-hydrogen) atoms. The first-order valence-corrected chi connectivity index (χ1v) is 7.50. The molecule has 0 aromatic carbocycles. The molecule has 0 amide bonds. The van der Waals surface area contributed by atoms with Crippen LogP contribution in [-0.2, 0) is 14.3 Å². The third-order valence-corrected chi connectivity index (χ3v) is 3.88. The Morgan fingerprint density at radius 2 is 2.16 bits per heavy atom. The van der Waals surface area contributed by atoms with E-state index >= 15 is 0 Å². The van der Waals surface area contributed by atoms with Crippen molar-refractivity contribution in [2.45, 2.75) is 64.5 Å². The number of esters is 1. The van der Waals surface area contributed by atoms with Gasteiger partial charge in [0, 0.05) is 19.3 Å². The van der Waals surface area contributed by atoms with Crippen molar-refractivity contribution in [3.8, 4) is 0 Å². The van der Waals surface area contributed by atoms with Gasteiger partial charge in [0.25, 0.3) is 0 Å². The first-order valence-electron chi connectivity index (χ1n) is 7.50. The summed E-state index contributed by atoms with van der Waals surface area (Å²) in [7, 11) is 1.48. The highest BCUT2D eigenvalue weighted by atomic mass is 16.5. The van der Waals surface area contributed by atoms with E-state index in [1.165, 1.54) is 7.11 Å². The van der Waals surface area contributed by atoms with Crippen molar-refractivity contribution in [3.05, 3.63) is 0 Å². The van der Waals surface area contributed by atoms with Gasteiger partial charge in [0.15, 0.2) is 0 Å². The van der Waals surface area contributed by atoms with Gasteiger partial charge in [-0.3, -0.25) is 10.1 Å². The summed E-state index contributed by atoms with van der Waals surface area (Å²) in [5, 5.41) is 3.47. The Balaban J connectivity index is 2.67. The molecular formula is C15H29NO3. The highest BCUT2D eigenvalue weighted by molar-refractivity contribution is 5.81. The van der Waals surface area contributed by atoms with E-state index in [4.69, 9.17) is 9.47 Å². The fraction of sp³-hybridized carbons (Fsp3) is 0.933. The van der Waals surface area contributed by atoms with Gasteiger partial charge in [-0.05, 0) is 45.4 Å². The maximum absolute atomic E-state index is 12.2. The molecule has 2 unspecified atom stereocenters. The smallest absolute Gasteiger partial charge is 0.326 e. The number of carbonyl (C=O) groups excluding carboxylic acids is 1. The summed E-state index contributed by atoms with van der Waals surface area (Å²) < 4.78 is 10.6. The number of hydrogen-bond acceptors (Lipinski definition) is 4. The molecule has 1 rings (SSSR count). The van der Waals surface area contributed by atoms with Crippen molar-refractivity contribution in [1.82, 2.24) is 5.32 Å². The number of nitrogens with one attached hydrogen (secondary N) is 1. The molecular weight excluding hydrogens is 242 g/mol. The zero-order valence-electron chi connectivity index (χ0n) is 12.8. The van der Waals surface area contributed by atoms with Crippen LogP contribution >= 0.6 is 0 Å². The second-order valence-corrected chi connectivity index (χ2v) is 5.75. The average molecular weight is 271 g/mol. The molecule has 4 heteroatoms. The summed E-state index contributed by atoms with van der Waals surface area (Å²) in [6, 6.07) is 0.274. The van der Waals surface area contributed by atoms with Gasteiger partial charge < -0.3 is 9.47 Å². The summed E-state index contributed by atoms with van der Waals surface area (Å²) in [4.78, 5) is 12.2. The maximum atomic E-state index is 12.2. The Hall–Kier alpha value is -0.610. The zero-order valence-corrected chi connectivity index (χ0v) is 12.8. The third-order valence-electron chi connectivity index (χ3n) is 3.88. The lowest BCUT2D eigenvalue weighted by molar-refractivity contribution is -0.151. The van der Waals surface area contributed by atoms with Crippen LogP contribution in [0.4, 0.5) is 0 Å². The minimum Gasteiger partial charge on any atom is -0.468 e. The first-order chi connectivity index (χ1) is 9.06. The Morgan fingerprint density at radius 3 is 2.74 bits per heavy atom. The van der Waals surface area contributed by atoms with Crippen molar-refractivity contribution in [1.29, 1.82) is 0 Å². The lowest BCUT2D eigenvalue weighted by Gasteiger charge is -2.35. The van der Waals surface area contributed by atoms with Crippen LogP contribution in [0.1, 0.15) is 52.9 Å². The van der Waals surface area contributed by atoms with Gasteiger partial charge in [0.1, 0.15) is 5.54 Å². The fourth-order valence-corrected chi connectivity index (χ4v) is 3.16. The molecule has 0 bridgehead atoms. The van der Waals surface area contributed by atoms with Crippen LogP contribution in [-0.4, -0.2) is 37.9 Å². The largest absolute Gasteiger partial charge is 0.468 e. The Bertz CT molecular complexity index is 281. The van der Waals surface area contributed by atoms with Crippen LogP contribution in [0.25, 0.3) is 0 Å². The first kappa shape index (κ1) is 16.4. The predicted molar refractivity (Wildman–Crippen MR) is 76.1 cm³/mol. The van der Waals surface area contributed by atoms with Gasteiger partial charge in [0.05, 0.1) is 7.11 Å². The molecule has 2 atom stereocenters. The quantitative estimate of drug-likeness (QED) is 0.544.